The van der Waals surface area contributed by atoms with E-state index >= 15 is 0 Å². The summed E-state index contributed by atoms with van der Waals surface area (Å²) in [4.78, 5) is 31.7. The van der Waals surface area contributed by atoms with Crippen molar-refractivity contribution in [3.8, 4) is 5.75 Å². The number of aldehydes is 1. The number of carboxylic acids is 1. The zero-order valence-electron chi connectivity index (χ0n) is 20.4. The Bertz CT molecular complexity index is 1180. The van der Waals surface area contributed by atoms with Crippen LogP contribution in [0.4, 0.5) is 4.39 Å². The number of aliphatic carboxylic acids is 1. The van der Waals surface area contributed by atoms with Crippen LogP contribution >= 0.6 is 0 Å². The molecule has 3 aromatic carbocycles. The van der Waals surface area contributed by atoms with Crippen LogP contribution in [0.15, 0.2) is 72.8 Å². The Morgan fingerprint density at radius 2 is 1.58 bits per heavy atom. The van der Waals surface area contributed by atoms with Gasteiger partial charge in [0.15, 0.2) is 0 Å². The molecule has 1 unspecified atom stereocenters. The minimum absolute atomic E-state index is 0.233. The Hall–Kier alpha value is -4.26. The summed E-state index contributed by atoms with van der Waals surface area (Å²) in [6.07, 6.45) is 2.03. The van der Waals surface area contributed by atoms with Gasteiger partial charge in [0, 0.05) is 17.7 Å². The average Bonchev–Trinajstić information content (AvgIpc) is 2.84. The van der Waals surface area contributed by atoms with Crippen molar-refractivity contribution in [2.45, 2.75) is 39.9 Å². The lowest BCUT2D eigenvalue weighted by molar-refractivity contribution is -0.149. The van der Waals surface area contributed by atoms with Crippen molar-refractivity contribution >= 4 is 24.3 Å². The molecule has 0 bridgehead atoms. The van der Waals surface area contributed by atoms with E-state index in [1.807, 2.05) is 62.4 Å². The zero-order valence-corrected chi connectivity index (χ0v) is 20.4. The van der Waals surface area contributed by atoms with E-state index in [1.54, 1.807) is 19.1 Å². The Balaban J connectivity index is 0.000000319. The predicted octanol–water partition coefficient (Wildman–Crippen LogP) is 6.00. The van der Waals surface area contributed by atoms with Crippen molar-refractivity contribution in [1.29, 1.82) is 0 Å². The van der Waals surface area contributed by atoms with Gasteiger partial charge < -0.3 is 19.4 Å². The third-order valence-corrected chi connectivity index (χ3v) is 4.99. The Morgan fingerprint density at radius 1 is 0.972 bits per heavy atom. The molecule has 1 atom stereocenters. The number of aryl methyl sites for hydroxylation is 2. The van der Waals surface area contributed by atoms with Crippen LogP contribution in [0, 0.1) is 19.7 Å². The third-order valence-electron chi connectivity index (χ3n) is 4.99. The van der Waals surface area contributed by atoms with Crippen LogP contribution in [0.1, 0.15) is 47.3 Å². The van der Waals surface area contributed by atoms with E-state index in [0.717, 1.165) is 22.8 Å². The third kappa shape index (κ3) is 9.93. The van der Waals surface area contributed by atoms with Crippen LogP contribution < -0.4 is 4.74 Å². The number of benzene rings is 3. The average molecular weight is 493 g/mol. The fraction of sp³-hybridized carbons (Fsp3) is 0.207. The fourth-order valence-corrected chi connectivity index (χ4v) is 3.00. The largest absolute Gasteiger partial charge is 0.489 e. The van der Waals surface area contributed by atoms with Crippen LogP contribution in [0.5, 0.6) is 5.75 Å². The Kier molecular flexibility index (Phi) is 11.0. The number of hydrogen-bond donors (Lipinski definition) is 1. The van der Waals surface area contributed by atoms with Gasteiger partial charge in [-0.2, -0.15) is 0 Å². The van der Waals surface area contributed by atoms with Gasteiger partial charge in [-0.3, -0.25) is 4.79 Å². The van der Waals surface area contributed by atoms with Crippen LogP contribution in [0.2, 0.25) is 0 Å². The van der Waals surface area contributed by atoms with Gasteiger partial charge in [0.05, 0.1) is 0 Å². The van der Waals surface area contributed by atoms with Gasteiger partial charge in [0.25, 0.3) is 0 Å². The number of carbonyl (C=O) groups is 3. The topological polar surface area (TPSA) is 89.9 Å². The number of esters is 1. The molecule has 0 heterocycles. The molecule has 0 aliphatic rings. The van der Waals surface area contributed by atoms with Crippen molar-refractivity contribution in [1.82, 2.24) is 0 Å². The highest BCUT2D eigenvalue weighted by Crippen LogP contribution is 2.25. The summed E-state index contributed by atoms with van der Waals surface area (Å²) in [7, 11) is 0. The molecule has 7 heteroatoms. The summed E-state index contributed by atoms with van der Waals surface area (Å²) in [5.41, 5.74) is 4.45. The molecule has 0 saturated carbocycles. The second kappa shape index (κ2) is 14.2. The van der Waals surface area contributed by atoms with Crippen LogP contribution in [0.3, 0.4) is 0 Å². The van der Waals surface area contributed by atoms with Gasteiger partial charge in [0.1, 0.15) is 37.0 Å². The number of hydrogen-bond acceptors (Lipinski definition) is 5. The van der Waals surface area contributed by atoms with Gasteiger partial charge in [-0.25, -0.2) is 9.18 Å². The lowest BCUT2D eigenvalue weighted by atomic mass is 10.1. The quantitative estimate of drug-likeness (QED) is 0.171. The highest BCUT2D eigenvalue weighted by Gasteiger charge is 2.16. The molecule has 0 aromatic heterocycles. The van der Waals surface area contributed by atoms with Gasteiger partial charge >= 0.3 is 11.9 Å². The second-order valence-corrected chi connectivity index (χ2v) is 8.04. The van der Waals surface area contributed by atoms with E-state index in [9.17, 15) is 18.8 Å². The standard InChI is InChI=1S/C19H19FO4.C10H10O2/c1-13-3-5-15(6-4-13)12-23-16-7-8-17(18(20)11-16)14(2)24-19(22)9-10-21;1-8-2-4-9(5-3-8)6-7-10(11)12/h3-8,10-11,14H,9,12H2,1-2H3;2-7H,1H3,(H,11,12)/b;7-6+. The minimum Gasteiger partial charge on any atom is -0.489 e. The molecule has 0 spiro atoms. The molecule has 3 aromatic rings. The number of carbonyl (C=O) groups excluding carboxylic acids is 2. The first-order valence-corrected chi connectivity index (χ1v) is 11.3. The summed E-state index contributed by atoms with van der Waals surface area (Å²) in [6, 6.07) is 19.9. The molecule has 1 N–H and O–H groups in total. The summed E-state index contributed by atoms with van der Waals surface area (Å²) in [5, 5.41) is 8.34. The van der Waals surface area contributed by atoms with Crippen LogP contribution in [-0.4, -0.2) is 23.3 Å². The van der Waals surface area contributed by atoms with Gasteiger partial charge in [-0.1, -0.05) is 59.7 Å². The molecular weight excluding hydrogens is 463 g/mol. The van der Waals surface area contributed by atoms with Crippen molar-refractivity contribution in [2.75, 3.05) is 0 Å². The molecule has 3 rings (SSSR count). The maximum atomic E-state index is 14.2. The van der Waals surface area contributed by atoms with E-state index in [4.69, 9.17) is 14.6 Å². The van der Waals surface area contributed by atoms with Crippen molar-refractivity contribution in [3.63, 3.8) is 0 Å². The van der Waals surface area contributed by atoms with Crippen LogP contribution in [0.25, 0.3) is 6.08 Å². The molecule has 0 saturated heterocycles. The molecule has 0 radical (unpaired) electrons. The summed E-state index contributed by atoms with van der Waals surface area (Å²) >= 11 is 0. The van der Waals surface area contributed by atoms with Gasteiger partial charge in [-0.05, 0) is 50.1 Å². The molecule has 0 aliphatic heterocycles. The fourth-order valence-electron chi connectivity index (χ4n) is 3.00. The first-order valence-electron chi connectivity index (χ1n) is 11.3. The van der Waals surface area contributed by atoms with Crippen molar-refractivity contribution in [2.24, 2.45) is 0 Å². The summed E-state index contributed by atoms with van der Waals surface area (Å²) in [5.74, 6) is -1.74. The highest BCUT2D eigenvalue weighted by molar-refractivity contribution is 5.85. The number of ether oxygens (including phenoxy) is 2. The van der Waals surface area contributed by atoms with E-state index in [-0.39, 0.29) is 12.0 Å². The predicted molar refractivity (Wildman–Crippen MR) is 135 cm³/mol. The minimum atomic E-state index is -0.921. The smallest absolute Gasteiger partial charge is 0.328 e. The van der Waals surface area contributed by atoms with E-state index < -0.39 is 23.9 Å². The molecular formula is C29H29FO6. The molecule has 188 valence electrons. The highest BCUT2D eigenvalue weighted by atomic mass is 19.1. The zero-order chi connectivity index (χ0) is 26.5. The van der Waals surface area contributed by atoms with E-state index in [2.05, 4.69) is 0 Å². The first kappa shape index (κ1) is 28.0. The monoisotopic (exact) mass is 492 g/mol. The molecule has 0 amide bonds. The molecule has 6 nitrogen and oxygen atoms in total. The van der Waals surface area contributed by atoms with Gasteiger partial charge in [-0.15, -0.1) is 0 Å². The first-order chi connectivity index (χ1) is 17.2. The van der Waals surface area contributed by atoms with Crippen LogP contribution in [-0.2, 0) is 25.7 Å². The summed E-state index contributed by atoms with van der Waals surface area (Å²) < 4.78 is 24.7. The lowest BCUT2D eigenvalue weighted by Crippen LogP contribution is -2.10. The second-order valence-electron chi connectivity index (χ2n) is 8.04. The van der Waals surface area contributed by atoms with Crippen molar-refractivity contribution < 1.29 is 33.4 Å². The number of carboxylic acid groups (broad SMARTS) is 1. The van der Waals surface area contributed by atoms with E-state index in [1.165, 1.54) is 17.7 Å². The maximum Gasteiger partial charge on any atom is 0.328 e. The Morgan fingerprint density at radius 3 is 2.14 bits per heavy atom. The Labute approximate surface area is 210 Å². The number of rotatable bonds is 9. The summed E-state index contributed by atoms with van der Waals surface area (Å²) in [6.45, 7) is 5.88. The van der Waals surface area contributed by atoms with E-state index in [0.29, 0.717) is 18.6 Å². The SMILES string of the molecule is Cc1ccc(/C=C/C(=O)O)cc1.Cc1ccc(COc2ccc(C(C)OC(=O)CC=O)c(F)c2)cc1. The lowest BCUT2D eigenvalue weighted by Gasteiger charge is -2.15. The number of halogens is 1. The molecule has 36 heavy (non-hydrogen) atoms. The molecule has 0 fully saturated rings. The normalized spacial score (nSPS) is 11.2. The van der Waals surface area contributed by atoms with Crippen molar-refractivity contribution in [3.05, 3.63) is 106 Å². The molecule has 0 aliphatic carbocycles. The maximum absolute atomic E-state index is 14.2. The van der Waals surface area contributed by atoms with Gasteiger partial charge in [0.2, 0.25) is 0 Å².